The van der Waals surface area contributed by atoms with Gasteiger partial charge in [0.15, 0.2) is 0 Å². The molecular formula is C11H18ClNOS. The van der Waals surface area contributed by atoms with Crippen molar-refractivity contribution in [3.05, 3.63) is 0 Å². The first-order valence-electron chi connectivity index (χ1n) is 5.77. The first kappa shape index (κ1) is 11.6. The lowest BCUT2D eigenvalue weighted by atomic mass is 10.1. The van der Waals surface area contributed by atoms with Crippen LogP contribution < -0.4 is 0 Å². The molecule has 0 aromatic carbocycles. The van der Waals surface area contributed by atoms with E-state index in [-0.39, 0.29) is 5.25 Å². The van der Waals surface area contributed by atoms with Crippen LogP contribution in [0.1, 0.15) is 25.7 Å². The number of hydrogen-bond donors (Lipinski definition) is 0. The van der Waals surface area contributed by atoms with E-state index in [0.717, 1.165) is 31.7 Å². The lowest BCUT2D eigenvalue weighted by Gasteiger charge is -2.25. The first-order chi connectivity index (χ1) is 7.31. The summed E-state index contributed by atoms with van der Waals surface area (Å²) in [5, 5.41) is 0.243. The molecule has 0 saturated carbocycles. The molecule has 1 amide bonds. The Kier molecular flexibility index (Phi) is 4.21. The van der Waals surface area contributed by atoms with E-state index in [9.17, 15) is 4.79 Å². The second kappa shape index (κ2) is 5.44. The van der Waals surface area contributed by atoms with Crippen LogP contribution in [0.4, 0.5) is 0 Å². The van der Waals surface area contributed by atoms with Gasteiger partial charge in [-0.1, -0.05) is 6.42 Å². The molecule has 0 bridgehead atoms. The fourth-order valence-corrected chi connectivity index (χ4v) is 3.83. The Balaban J connectivity index is 1.85. The molecule has 86 valence electrons. The van der Waals surface area contributed by atoms with E-state index < -0.39 is 0 Å². The van der Waals surface area contributed by atoms with Crippen molar-refractivity contribution >= 4 is 29.3 Å². The molecule has 0 aromatic rings. The molecule has 0 aliphatic carbocycles. The summed E-state index contributed by atoms with van der Waals surface area (Å²) in [6.45, 7) is 1.81. The number of carbonyl (C=O) groups excluding carboxylic acids is 1. The van der Waals surface area contributed by atoms with E-state index in [1.54, 1.807) is 0 Å². The predicted octanol–water partition coefficient (Wildman–Crippen LogP) is 2.36. The van der Waals surface area contributed by atoms with E-state index in [4.69, 9.17) is 11.6 Å². The largest absolute Gasteiger partial charge is 0.341 e. The SMILES string of the molecule is O=C(C1CCCCS1)N1CCC(CCl)C1. The highest BCUT2D eigenvalue weighted by Crippen LogP contribution is 2.28. The molecule has 2 aliphatic heterocycles. The van der Waals surface area contributed by atoms with Gasteiger partial charge in [-0.05, 0) is 30.9 Å². The Morgan fingerprint density at radius 3 is 2.87 bits per heavy atom. The van der Waals surface area contributed by atoms with Crippen molar-refractivity contribution in [1.82, 2.24) is 4.90 Å². The van der Waals surface area contributed by atoms with Gasteiger partial charge in [-0.3, -0.25) is 4.79 Å². The average molecular weight is 248 g/mol. The van der Waals surface area contributed by atoms with Crippen LogP contribution in [0.25, 0.3) is 0 Å². The highest BCUT2D eigenvalue weighted by Gasteiger charge is 2.31. The number of hydrogen-bond acceptors (Lipinski definition) is 2. The van der Waals surface area contributed by atoms with Crippen LogP contribution >= 0.6 is 23.4 Å². The molecule has 2 rings (SSSR count). The number of carbonyl (C=O) groups is 1. The first-order valence-corrected chi connectivity index (χ1v) is 7.36. The molecule has 0 spiro atoms. The Hall–Kier alpha value is 0.110. The zero-order valence-electron chi connectivity index (χ0n) is 8.95. The van der Waals surface area contributed by atoms with Crippen molar-refractivity contribution in [3.63, 3.8) is 0 Å². The fourth-order valence-electron chi connectivity index (χ4n) is 2.30. The van der Waals surface area contributed by atoms with E-state index in [0.29, 0.717) is 17.7 Å². The standard InChI is InChI=1S/C11H18ClNOS/c12-7-9-4-5-13(8-9)11(14)10-3-1-2-6-15-10/h9-10H,1-8H2. The summed E-state index contributed by atoms with van der Waals surface area (Å²) in [6, 6.07) is 0. The van der Waals surface area contributed by atoms with E-state index >= 15 is 0 Å². The van der Waals surface area contributed by atoms with Gasteiger partial charge in [0.05, 0.1) is 5.25 Å². The molecule has 2 saturated heterocycles. The molecule has 0 aromatic heterocycles. The number of nitrogens with zero attached hydrogens (tertiary/aromatic N) is 1. The quantitative estimate of drug-likeness (QED) is 0.699. The van der Waals surface area contributed by atoms with Crippen LogP contribution in [0.3, 0.4) is 0 Å². The van der Waals surface area contributed by atoms with E-state index in [1.165, 1.54) is 12.8 Å². The minimum absolute atomic E-state index is 0.243. The minimum atomic E-state index is 0.243. The summed E-state index contributed by atoms with van der Waals surface area (Å²) in [5.41, 5.74) is 0. The molecule has 2 heterocycles. The monoisotopic (exact) mass is 247 g/mol. The van der Waals surface area contributed by atoms with Gasteiger partial charge in [0, 0.05) is 19.0 Å². The number of amides is 1. The fraction of sp³-hybridized carbons (Fsp3) is 0.909. The summed E-state index contributed by atoms with van der Waals surface area (Å²) < 4.78 is 0. The van der Waals surface area contributed by atoms with Crippen LogP contribution in [0.2, 0.25) is 0 Å². The summed E-state index contributed by atoms with van der Waals surface area (Å²) in [7, 11) is 0. The van der Waals surface area contributed by atoms with Gasteiger partial charge in [-0.2, -0.15) is 0 Å². The molecular weight excluding hydrogens is 230 g/mol. The Labute approximate surface area is 101 Å². The van der Waals surface area contributed by atoms with E-state index in [2.05, 4.69) is 0 Å². The maximum atomic E-state index is 12.1. The number of likely N-dealkylation sites (tertiary alicyclic amines) is 1. The van der Waals surface area contributed by atoms with Crippen LogP contribution in [-0.4, -0.2) is 40.8 Å². The van der Waals surface area contributed by atoms with Crippen LogP contribution in [0, 0.1) is 5.92 Å². The number of alkyl halides is 1. The number of rotatable bonds is 2. The second-order valence-corrected chi connectivity index (χ2v) is 6.07. The summed E-state index contributed by atoms with van der Waals surface area (Å²) in [4.78, 5) is 14.1. The van der Waals surface area contributed by atoms with Crippen molar-refractivity contribution in [1.29, 1.82) is 0 Å². The third-order valence-electron chi connectivity index (χ3n) is 3.27. The van der Waals surface area contributed by atoms with Crippen LogP contribution in [-0.2, 0) is 4.79 Å². The average Bonchev–Trinajstić information content (AvgIpc) is 2.78. The maximum Gasteiger partial charge on any atom is 0.235 e. The molecule has 0 radical (unpaired) electrons. The summed E-state index contributed by atoms with van der Waals surface area (Å²) in [6.07, 6.45) is 4.66. The lowest BCUT2D eigenvalue weighted by Crippen LogP contribution is -2.37. The Morgan fingerprint density at radius 1 is 1.40 bits per heavy atom. The van der Waals surface area contributed by atoms with Crippen molar-refractivity contribution in [2.45, 2.75) is 30.9 Å². The lowest BCUT2D eigenvalue weighted by molar-refractivity contribution is -0.129. The van der Waals surface area contributed by atoms with Gasteiger partial charge in [0.25, 0.3) is 0 Å². The smallest absolute Gasteiger partial charge is 0.235 e. The second-order valence-electron chi connectivity index (χ2n) is 4.45. The molecule has 15 heavy (non-hydrogen) atoms. The third kappa shape index (κ3) is 2.82. The maximum absolute atomic E-state index is 12.1. The highest BCUT2D eigenvalue weighted by atomic mass is 35.5. The number of thioether (sulfide) groups is 1. The molecule has 4 heteroatoms. The Morgan fingerprint density at radius 2 is 2.27 bits per heavy atom. The normalized spacial score (nSPS) is 31.9. The van der Waals surface area contributed by atoms with Crippen LogP contribution in [0.15, 0.2) is 0 Å². The predicted molar refractivity (Wildman–Crippen MR) is 65.5 cm³/mol. The molecule has 2 aliphatic rings. The minimum Gasteiger partial charge on any atom is -0.341 e. The van der Waals surface area contributed by atoms with Gasteiger partial charge in [-0.15, -0.1) is 23.4 Å². The van der Waals surface area contributed by atoms with Gasteiger partial charge in [0.1, 0.15) is 0 Å². The van der Waals surface area contributed by atoms with Gasteiger partial charge < -0.3 is 4.90 Å². The highest BCUT2D eigenvalue weighted by molar-refractivity contribution is 8.00. The summed E-state index contributed by atoms with van der Waals surface area (Å²) >= 11 is 7.66. The molecule has 2 atom stereocenters. The van der Waals surface area contributed by atoms with Gasteiger partial charge in [-0.25, -0.2) is 0 Å². The molecule has 2 unspecified atom stereocenters. The zero-order chi connectivity index (χ0) is 10.7. The number of halogens is 1. The van der Waals surface area contributed by atoms with Crippen LogP contribution in [0.5, 0.6) is 0 Å². The topological polar surface area (TPSA) is 20.3 Å². The molecule has 0 N–H and O–H groups in total. The van der Waals surface area contributed by atoms with Gasteiger partial charge in [0.2, 0.25) is 5.91 Å². The van der Waals surface area contributed by atoms with Crippen molar-refractivity contribution in [2.75, 3.05) is 24.7 Å². The molecule has 2 fully saturated rings. The van der Waals surface area contributed by atoms with Crippen molar-refractivity contribution in [3.8, 4) is 0 Å². The Bertz CT molecular complexity index is 231. The third-order valence-corrected chi connectivity index (χ3v) is 5.07. The summed E-state index contributed by atoms with van der Waals surface area (Å²) in [5.74, 6) is 2.75. The van der Waals surface area contributed by atoms with Crippen molar-refractivity contribution < 1.29 is 4.79 Å². The zero-order valence-corrected chi connectivity index (χ0v) is 10.5. The van der Waals surface area contributed by atoms with Crippen molar-refractivity contribution in [2.24, 2.45) is 5.92 Å². The molecule has 2 nitrogen and oxygen atoms in total. The van der Waals surface area contributed by atoms with E-state index in [1.807, 2.05) is 16.7 Å². The van der Waals surface area contributed by atoms with Gasteiger partial charge >= 0.3 is 0 Å².